The molecule has 1 aliphatic carbocycles. The van der Waals surface area contributed by atoms with Gasteiger partial charge in [0.25, 0.3) is 0 Å². The van der Waals surface area contributed by atoms with Crippen molar-refractivity contribution in [2.45, 2.75) is 44.2 Å². The van der Waals surface area contributed by atoms with E-state index >= 15 is 0 Å². The summed E-state index contributed by atoms with van der Waals surface area (Å²) < 4.78 is 0. The SMILES string of the molecule is OC1CCCCC(N=C=S)C1. The predicted octanol–water partition coefficient (Wildman–Crippen LogP) is 1.78. The van der Waals surface area contributed by atoms with Crippen molar-refractivity contribution >= 4 is 17.4 Å². The van der Waals surface area contributed by atoms with Crippen molar-refractivity contribution in [1.29, 1.82) is 0 Å². The molecular weight excluding hydrogens is 158 g/mol. The molecule has 0 radical (unpaired) electrons. The molecule has 2 atom stereocenters. The van der Waals surface area contributed by atoms with Crippen molar-refractivity contribution in [3.05, 3.63) is 0 Å². The number of thiocarbonyl (C=S) groups is 1. The van der Waals surface area contributed by atoms with Crippen molar-refractivity contribution in [3.63, 3.8) is 0 Å². The number of hydrogen-bond donors (Lipinski definition) is 1. The van der Waals surface area contributed by atoms with E-state index in [0.717, 1.165) is 32.1 Å². The zero-order chi connectivity index (χ0) is 8.10. The minimum Gasteiger partial charge on any atom is -0.393 e. The Hall–Kier alpha value is -0.240. The summed E-state index contributed by atoms with van der Waals surface area (Å²) in [5, 5.41) is 11.7. The summed E-state index contributed by atoms with van der Waals surface area (Å²) in [5.74, 6) is 0. The van der Waals surface area contributed by atoms with Gasteiger partial charge in [-0.05, 0) is 31.5 Å². The Balaban J connectivity index is 2.45. The van der Waals surface area contributed by atoms with E-state index in [2.05, 4.69) is 22.4 Å². The van der Waals surface area contributed by atoms with Gasteiger partial charge < -0.3 is 5.11 Å². The van der Waals surface area contributed by atoms with Gasteiger partial charge in [0.15, 0.2) is 0 Å². The van der Waals surface area contributed by atoms with E-state index in [1.54, 1.807) is 0 Å². The largest absolute Gasteiger partial charge is 0.393 e. The molecule has 0 bridgehead atoms. The molecule has 1 aliphatic rings. The summed E-state index contributed by atoms with van der Waals surface area (Å²) in [6, 6.07) is 0.227. The number of aliphatic hydroxyl groups excluding tert-OH is 1. The Labute approximate surface area is 72.3 Å². The molecule has 11 heavy (non-hydrogen) atoms. The highest BCUT2D eigenvalue weighted by Crippen LogP contribution is 2.19. The highest BCUT2D eigenvalue weighted by atomic mass is 32.1. The topological polar surface area (TPSA) is 32.6 Å². The average molecular weight is 171 g/mol. The lowest BCUT2D eigenvalue weighted by molar-refractivity contribution is 0.152. The minimum absolute atomic E-state index is 0.172. The number of rotatable bonds is 1. The fourth-order valence-electron chi connectivity index (χ4n) is 1.50. The standard InChI is InChI=1S/C8H13NOS/c10-8-4-2-1-3-7(5-8)9-6-11/h7-8,10H,1-5H2. The third-order valence-corrected chi connectivity index (χ3v) is 2.21. The third-order valence-electron chi connectivity index (χ3n) is 2.10. The van der Waals surface area contributed by atoms with E-state index in [1.807, 2.05) is 0 Å². The van der Waals surface area contributed by atoms with Crippen molar-refractivity contribution in [2.24, 2.45) is 4.99 Å². The number of isothiocyanates is 1. The molecule has 0 spiro atoms. The molecular formula is C8H13NOS. The fourth-order valence-corrected chi connectivity index (χ4v) is 1.65. The Kier molecular flexibility index (Phi) is 3.70. The van der Waals surface area contributed by atoms with Gasteiger partial charge in [0.05, 0.1) is 17.3 Å². The molecule has 0 heterocycles. The van der Waals surface area contributed by atoms with Crippen LogP contribution in [0.4, 0.5) is 0 Å². The zero-order valence-electron chi connectivity index (χ0n) is 6.49. The van der Waals surface area contributed by atoms with E-state index in [4.69, 9.17) is 0 Å². The lowest BCUT2D eigenvalue weighted by Crippen LogP contribution is -2.12. The van der Waals surface area contributed by atoms with Gasteiger partial charge in [-0.15, -0.1) is 0 Å². The van der Waals surface area contributed by atoms with Crippen LogP contribution >= 0.6 is 12.2 Å². The van der Waals surface area contributed by atoms with Crippen molar-refractivity contribution in [1.82, 2.24) is 0 Å². The quantitative estimate of drug-likeness (QED) is 0.370. The van der Waals surface area contributed by atoms with Gasteiger partial charge in [0, 0.05) is 0 Å². The fraction of sp³-hybridized carbons (Fsp3) is 0.875. The first-order valence-corrected chi connectivity index (χ1v) is 4.49. The Morgan fingerprint density at radius 3 is 2.82 bits per heavy atom. The summed E-state index contributed by atoms with van der Waals surface area (Å²) in [6.07, 6.45) is 4.84. The highest BCUT2D eigenvalue weighted by Gasteiger charge is 2.16. The van der Waals surface area contributed by atoms with Gasteiger partial charge in [0.2, 0.25) is 0 Å². The lowest BCUT2D eigenvalue weighted by Gasteiger charge is -2.09. The van der Waals surface area contributed by atoms with Crippen molar-refractivity contribution in [3.8, 4) is 0 Å². The van der Waals surface area contributed by atoms with Crippen LogP contribution in [0.2, 0.25) is 0 Å². The van der Waals surface area contributed by atoms with Crippen LogP contribution in [0.5, 0.6) is 0 Å². The van der Waals surface area contributed by atoms with Gasteiger partial charge in [-0.2, -0.15) is 0 Å². The molecule has 1 N–H and O–H groups in total. The monoisotopic (exact) mass is 171 g/mol. The van der Waals surface area contributed by atoms with Crippen LogP contribution in [-0.2, 0) is 0 Å². The number of hydrogen-bond acceptors (Lipinski definition) is 3. The van der Waals surface area contributed by atoms with E-state index in [9.17, 15) is 5.11 Å². The van der Waals surface area contributed by atoms with Crippen LogP contribution < -0.4 is 0 Å². The van der Waals surface area contributed by atoms with E-state index in [1.165, 1.54) is 0 Å². The third kappa shape index (κ3) is 3.10. The van der Waals surface area contributed by atoms with Gasteiger partial charge >= 0.3 is 0 Å². The van der Waals surface area contributed by atoms with Crippen LogP contribution in [0.25, 0.3) is 0 Å². The average Bonchev–Trinajstić information content (AvgIpc) is 2.15. The van der Waals surface area contributed by atoms with Gasteiger partial charge in [-0.25, -0.2) is 4.99 Å². The normalized spacial score (nSPS) is 32.1. The van der Waals surface area contributed by atoms with E-state index in [0.29, 0.717) is 0 Å². The molecule has 1 saturated carbocycles. The van der Waals surface area contributed by atoms with E-state index in [-0.39, 0.29) is 12.1 Å². The minimum atomic E-state index is -0.172. The van der Waals surface area contributed by atoms with Crippen molar-refractivity contribution < 1.29 is 5.11 Å². The van der Waals surface area contributed by atoms with Crippen molar-refractivity contribution in [2.75, 3.05) is 0 Å². The maximum Gasteiger partial charge on any atom is 0.0627 e. The molecule has 0 aliphatic heterocycles. The van der Waals surface area contributed by atoms with Gasteiger partial charge in [-0.1, -0.05) is 12.8 Å². The Morgan fingerprint density at radius 1 is 1.36 bits per heavy atom. The lowest BCUT2D eigenvalue weighted by atomic mass is 10.1. The predicted molar refractivity (Wildman–Crippen MR) is 47.9 cm³/mol. The van der Waals surface area contributed by atoms with Crippen LogP contribution in [0.1, 0.15) is 32.1 Å². The Morgan fingerprint density at radius 2 is 2.09 bits per heavy atom. The number of nitrogens with zero attached hydrogens (tertiary/aromatic N) is 1. The summed E-state index contributed by atoms with van der Waals surface area (Å²) >= 11 is 4.52. The molecule has 0 amide bonds. The van der Waals surface area contributed by atoms with Gasteiger partial charge in [0.1, 0.15) is 0 Å². The second-order valence-corrected chi connectivity index (χ2v) is 3.23. The second-order valence-electron chi connectivity index (χ2n) is 3.05. The zero-order valence-corrected chi connectivity index (χ0v) is 7.31. The molecule has 0 saturated heterocycles. The molecule has 1 fully saturated rings. The van der Waals surface area contributed by atoms with Crippen LogP contribution in [0, 0.1) is 0 Å². The van der Waals surface area contributed by atoms with Crippen LogP contribution in [0.15, 0.2) is 4.99 Å². The van der Waals surface area contributed by atoms with E-state index < -0.39 is 0 Å². The molecule has 2 unspecified atom stereocenters. The summed E-state index contributed by atoms with van der Waals surface area (Å²) in [7, 11) is 0. The molecule has 1 rings (SSSR count). The molecule has 0 aromatic heterocycles. The first-order valence-electron chi connectivity index (χ1n) is 4.08. The first kappa shape index (κ1) is 8.85. The smallest absolute Gasteiger partial charge is 0.0627 e. The molecule has 2 nitrogen and oxygen atoms in total. The summed E-state index contributed by atoms with van der Waals surface area (Å²) in [5.41, 5.74) is 0. The number of aliphatic imine (C=N–C) groups is 1. The molecule has 3 heteroatoms. The summed E-state index contributed by atoms with van der Waals surface area (Å²) in [4.78, 5) is 4.00. The van der Waals surface area contributed by atoms with Crippen LogP contribution in [-0.4, -0.2) is 22.4 Å². The molecule has 62 valence electrons. The highest BCUT2D eigenvalue weighted by molar-refractivity contribution is 7.78. The molecule has 0 aromatic carbocycles. The second kappa shape index (κ2) is 4.60. The Bertz CT molecular complexity index is 165. The van der Waals surface area contributed by atoms with Gasteiger partial charge in [-0.3, -0.25) is 0 Å². The maximum atomic E-state index is 9.36. The van der Waals surface area contributed by atoms with Crippen LogP contribution in [0.3, 0.4) is 0 Å². The first-order chi connectivity index (χ1) is 5.33. The molecule has 0 aromatic rings. The number of aliphatic hydroxyl groups is 1. The maximum absolute atomic E-state index is 9.36. The summed E-state index contributed by atoms with van der Waals surface area (Å²) in [6.45, 7) is 0.